The van der Waals surface area contributed by atoms with Crippen molar-refractivity contribution in [3.63, 3.8) is 0 Å². The number of nitrogens with zero attached hydrogens (tertiary/aromatic N) is 2. The second-order valence-electron chi connectivity index (χ2n) is 7.50. The molecule has 2 aromatic rings. The lowest BCUT2D eigenvalue weighted by molar-refractivity contribution is 0.145. The maximum Gasteiger partial charge on any atom is 0.0574 e. The normalized spacial score (nSPS) is 18.5. The van der Waals surface area contributed by atoms with Crippen molar-refractivity contribution in [2.24, 2.45) is 0 Å². The molecule has 0 aromatic heterocycles. The highest BCUT2D eigenvalue weighted by atomic mass is 35.5. The highest BCUT2D eigenvalue weighted by Crippen LogP contribution is 2.22. The molecule has 2 aliphatic rings. The number of benzene rings is 2. The standard InChI is InChI=1S/C11H14ClNO.C11H16N2O/c2*12-9-1-3-10(4-2-9)13-7-5-11(14)6-8-13/h1-4,11,14H,5-8H2;1-4,11,14H,5-8,12H2. The molecule has 2 aliphatic heterocycles. The van der Waals surface area contributed by atoms with Gasteiger partial charge in [-0.2, -0.15) is 0 Å². The van der Waals surface area contributed by atoms with Gasteiger partial charge in [0.2, 0.25) is 0 Å². The summed E-state index contributed by atoms with van der Waals surface area (Å²) in [5.74, 6) is 0. The Morgan fingerprint density at radius 3 is 1.43 bits per heavy atom. The molecular weight excluding hydrogens is 374 g/mol. The third-order valence-electron chi connectivity index (χ3n) is 5.38. The van der Waals surface area contributed by atoms with Crippen molar-refractivity contribution >= 4 is 28.7 Å². The molecule has 2 heterocycles. The molecular formula is C22H30ClN3O2. The summed E-state index contributed by atoms with van der Waals surface area (Å²) in [5, 5.41) is 19.5. The predicted octanol–water partition coefficient (Wildman–Crippen LogP) is 3.53. The minimum atomic E-state index is -0.112. The molecule has 0 spiro atoms. The Morgan fingerprint density at radius 1 is 0.679 bits per heavy atom. The summed E-state index contributed by atoms with van der Waals surface area (Å²) < 4.78 is 0. The van der Waals surface area contributed by atoms with Crippen LogP contribution in [0.5, 0.6) is 0 Å². The first-order valence-electron chi connectivity index (χ1n) is 9.98. The fraction of sp³-hybridized carbons (Fsp3) is 0.455. The van der Waals surface area contributed by atoms with E-state index < -0.39 is 0 Å². The van der Waals surface area contributed by atoms with Crippen molar-refractivity contribution in [3.8, 4) is 0 Å². The molecule has 5 nitrogen and oxygen atoms in total. The second-order valence-corrected chi connectivity index (χ2v) is 7.94. The zero-order valence-corrected chi connectivity index (χ0v) is 16.9. The quantitative estimate of drug-likeness (QED) is 0.669. The fourth-order valence-corrected chi connectivity index (χ4v) is 3.71. The summed E-state index contributed by atoms with van der Waals surface area (Å²) in [6.45, 7) is 3.74. The Labute approximate surface area is 172 Å². The zero-order valence-electron chi connectivity index (χ0n) is 16.2. The Balaban J connectivity index is 0.000000161. The van der Waals surface area contributed by atoms with Gasteiger partial charge in [-0.3, -0.25) is 0 Å². The maximum atomic E-state index is 9.37. The van der Waals surface area contributed by atoms with Gasteiger partial charge in [0, 0.05) is 48.3 Å². The topological polar surface area (TPSA) is 73.0 Å². The molecule has 0 bridgehead atoms. The fourth-order valence-electron chi connectivity index (χ4n) is 3.59. The number of nitrogen functional groups attached to an aromatic ring is 1. The monoisotopic (exact) mass is 403 g/mol. The van der Waals surface area contributed by atoms with Crippen LogP contribution in [0.4, 0.5) is 17.1 Å². The van der Waals surface area contributed by atoms with Gasteiger partial charge in [-0.25, -0.2) is 0 Å². The number of hydrogen-bond donors (Lipinski definition) is 3. The van der Waals surface area contributed by atoms with Gasteiger partial charge in [-0.15, -0.1) is 0 Å². The van der Waals surface area contributed by atoms with Gasteiger partial charge < -0.3 is 25.7 Å². The van der Waals surface area contributed by atoms with Crippen molar-refractivity contribution in [2.75, 3.05) is 41.7 Å². The van der Waals surface area contributed by atoms with Crippen LogP contribution < -0.4 is 15.5 Å². The lowest BCUT2D eigenvalue weighted by atomic mass is 10.1. The van der Waals surface area contributed by atoms with Gasteiger partial charge in [-0.1, -0.05) is 11.6 Å². The van der Waals surface area contributed by atoms with E-state index in [2.05, 4.69) is 9.80 Å². The van der Waals surface area contributed by atoms with Crippen LogP contribution in [-0.2, 0) is 0 Å². The van der Waals surface area contributed by atoms with E-state index in [0.717, 1.165) is 62.6 Å². The number of aliphatic hydroxyl groups is 2. The highest BCUT2D eigenvalue weighted by Gasteiger charge is 2.17. The molecule has 0 atom stereocenters. The molecule has 4 N–H and O–H groups in total. The Hall–Kier alpha value is -1.95. The number of rotatable bonds is 2. The molecule has 0 radical (unpaired) electrons. The van der Waals surface area contributed by atoms with E-state index in [4.69, 9.17) is 17.3 Å². The lowest BCUT2D eigenvalue weighted by Crippen LogP contribution is -2.35. The number of hydrogen-bond acceptors (Lipinski definition) is 5. The van der Waals surface area contributed by atoms with Crippen molar-refractivity contribution in [3.05, 3.63) is 53.6 Å². The van der Waals surface area contributed by atoms with Crippen LogP contribution in [0.15, 0.2) is 48.5 Å². The SMILES string of the molecule is Nc1ccc(N2CCC(O)CC2)cc1.OC1CCN(c2ccc(Cl)cc2)CC1. The van der Waals surface area contributed by atoms with E-state index in [9.17, 15) is 10.2 Å². The Bertz CT molecular complexity index is 644. The van der Waals surface area contributed by atoms with Crippen LogP contribution in [0, 0.1) is 0 Å². The molecule has 0 aliphatic carbocycles. The predicted molar refractivity (Wildman–Crippen MR) is 117 cm³/mol. The van der Waals surface area contributed by atoms with Gasteiger partial charge in [0.1, 0.15) is 0 Å². The number of halogens is 1. The van der Waals surface area contributed by atoms with Crippen molar-refractivity contribution in [1.82, 2.24) is 0 Å². The number of aliphatic hydroxyl groups excluding tert-OH is 2. The Morgan fingerprint density at radius 2 is 1.04 bits per heavy atom. The number of nitrogens with two attached hydrogens (primary N) is 1. The van der Waals surface area contributed by atoms with Crippen LogP contribution in [0.3, 0.4) is 0 Å². The first-order chi connectivity index (χ1) is 13.5. The second kappa shape index (κ2) is 10.0. The molecule has 0 unspecified atom stereocenters. The summed E-state index contributed by atoms with van der Waals surface area (Å²) in [4.78, 5) is 4.56. The van der Waals surface area contributed by atoms with E-state index in [1.807, 2.05) is 48.5 Å². The smallest absolute Gasteiger partial charge is 0.0574 e. The molecule has 2 saturated heterocycles. The van der Waals surface area contributed by atoms with Gasteiger partial charge in [0.15, 0.2) is 0 Å². The van der Waals surface area contributed by atoms with E-state index in [1.54, 1.807) is 0 Å². The van der Waals surface area contributed by atoms with Crippen LogP contribution in [-0.4, -0.2) is 48.6 Å². The zero-order chi connectivity index (χ0) is 19.9. The van der Waals surface area contributed by atoms with Crippen LogP contribution in [0.25, 0.3) is 0 Å². The molecule has 4 rings (SSSR count). The largest absolute Gasteiger partial charge is 0.399 e. The molecule has 0 amide bonds. The van der Waals surface area contributed by atoms with Crippen LogP contribution in [0.2, 0.25) is 5.02 Å². The molecule has 0 saturated carbocycles. The summed E-state index contributed by atoms with van der Waals surface area (Å²) in [5.41, 5.74) is 8.81. The third-order valence-corrected chi connectivity index (χ3v) is 5.63. The maximum absolute atomic E-state index is 9.37. The molecule has 28 heavy (non-hydrogen) atoms. The van der Waals surface area contributed by atoms with Gasteiger partial charge in [0.05, 0.1) is 12.2 Å². The van der Waals surface area contributed by atoms with Crippen LogP contribution >= 0.6 is 11.6 Å². The number of piperidine rings is 2. The minimum Gasteiger partial charge on any atom is -0.399 e. The Kier molecular flexibility index (Phi) is 7.43. The third kappa shape index (κ3) is 6.03. The van der Waals surface area contributed by atoms with Crippen molar-refractivity contribution < 1.29 is 10.2 Å². The van der Waals surface area contributed by atoms with Crippen molar-refractivity contribution in [1.29, 1.82) is 0 Å². The van der Waals surface area contributed by atoms with Gasteiger partial charge in [0.25, 0.3) is 0 Å². The lowest BCUT2D eigenvalue weighted by Gasteiger charge is -2.31. The van der Waals surface area contributed by atoms with Crippen LogP contribution in [0.1, 0.15) is 25.7 Å². The van der Waals surface area contributed by atoms with E-state index in [-0.39, 0.29) is 12.2 Å². The molecule has 2 aromatic carbocycles. The van der Waals surface area contributed by atoms with E-state index >= 15 is 0 Å². The summed E-state index contributed by atoms with van der Waals surface area (Å²) >= 11 is 5.82. The summed E-state index contributed by atoms with van der Waals surface area (Å²) in [6, 6.07) is 15.8. The number of anilines is 3. The highest BCUT2D eigenvalue weighted by molar-refractivity contribution is 6.30. The molecule has 2 fully saturated rings. The average molecular weight is 404 g/mol. The van der Waals surface area contributed by atoms with Gasteiger partial charge >= 0.3 is 0 Å². The summed E-state index contributed by atoms with van der Waals surface area (Å²) in [6.07, 6.45) is 3.23. The van der Waals surface area contributed by atoms with Crippen molar-refractivity contribution in [2.45, 2.75) is 37.9 Å². The van der Waals surface area contributed by atoms with E-state index in [1.165, 1.54) is 11.4 Å². The minimum absolute atomic E-state index is 0.111. The van der Waals surface area contributed by atoms with E-state index in [0.29, 0.717) is 0 Å². The summed E-state index contributed by atoms with van der Waals surface area (Å²) in [7, 11) is 0. The molecule has 6 heteroatoms. The first-order valence-corrected chi connectivity index (χ1v) is 10.4. The van der Waals surface area contributed by atoms with Gasteiger partial charge in [-0.05, 0) is 74.2 Å². The average Bonchev–Trinajstić information content (AvgIpc) is 2.71. The molecule has 152 valence electrons. The first kappa shape index (κ1) is 20.8.